The molecule has 0 aliphatic carbocycles. The molecule has 0 aromatic heterocycles. The summed E-state index contributed by atoms with van der Waals surface area (Å²) in [7, 11) is 1.95. The molecule has 0 unspecified atom stereocenters. The molecule has 3 nitrogen and oxygen atoms in total. The minimum Gasteiger partial charge on any atom is -0.480 e. The zero-order valence-corrected chi connectivity index (χ0v) is 8.66. The van der Waals surface area contributed by atoms with Gasteiger partial charge in [-0.2, -0.15) is 0 Å². The van der Waals surface area contributed by atoms with Crippen molar-refractivity contribution >= 4 is 11.6 Å². The summed E-state index contributed by atoms with van der Waals surface area (Å²) in [6.45, 7) is 2.95. The van der Waals surface area contributed by atoms with E-state index in [2.05, 4.69) is 0 Å². The van der Waals surface area contributed by atoms with E-state index in [1.54, 1.807) is 0 Å². The van der Waals surface area contributed by atoms with Gasteiger partial charge in [-0.3, -0.25) is 5.41 Å². The number of nitrogens with zero attached hydrogens (tertiary/aromatic N) is 1. The maximum Gasteiger partial charge on any atom is 0.200 e. The van der Waals surface area contributed by atoms with Crippen LogP contribution in [0.4, 0.5) is 5.69 Å². The van der Waals surface area contributed by atoms with Gasteiger partial charge < -0.3 is 9.64 Å². The van der Waals surface area contributed by atoms with Crippen LogP contribution in [-0.2, 0) is 4.74 Å². The summed E-state index contributed by atoms with van der Waals surface area (Å²) in [4.78, 5) is 1.98. The summed E-state index contributed by atoms with van der Waals surface area (Å²) in [5.41, 5.74) is 1.09. The summed E-state index contributed by atoms with van der Waals surface area (Å²) < 4.78 is 5.08. The number of ether oxygens (including phenoxy) is 1. The molecule has 0 aliphatic rings. The first-order chi connectivity index (χ1) is 6.74. The van der Waals surface area contributed by atoms with Crippen LogP contribution in [0.3, 0.4) is 0 Å². The lowest BCUT2D eigenvalue weighted by atomic mass is 10.3. The van der Waals surface area contributed by atoms with E-state index in [0.29, 0.717) is 19.0 Å². The third-order valence-electron chi connectivity index (χ3n) is 1.90. The molecule has 0 amide bonds. The van der Waals surface area contributed by atoms with Crippen molar-refractivity contribution in [2.75, 3.05) is 25.1 Å². The van der Waals surface area contributed by atoms with Crippen molar-refractivity contribution in [1.82, 2.24) is 0 Å². The van der Waals surface area contributed by atoms with E-state index >= 15 is 0 Å². The number of rotatable bonds is 4. The second-order valence-electron chi connectivity index (χ2n) is 3.05. The molecule has 1 aromatic rings. The Morgan fingerprint density at radius 1 is 1.36 bits per heavy atom. The van der Waals surface area contributed by atoms with E-state index in [9.17, 15) is 0 Å². The van der Waals surface area contributed by atoms with Gasteiger partial charge in [-0.15, -0.1) is 0 Å². The first-order valence-electron chi connectivity index (χ1n) is 4.70. The van der Waals surface area contributed by atoms with Gasteiger partial charge in [0.2, 0.25) is 5.90 Å². The molecule has 76 valence electrons. The largest absolute Gasteiger partial charge is 0.480 e. The number of anilines is 1. The van der Waals surface area contributed by atoms with E-state index in [0.717, 1.165) is 5.69 Å². The average molecular weight is 192 g/mol. The lowest BCUT2D eigenvalue weighted by molar-refractivity contribution is 0.318. The Morgan fingerprint density at radius 3 is 2.57 bits per heavy atom. The highest BCUT2D eigenvalue weighted by Gasteiger charge is 2.03. The van der Waals surface area contributed by atoms with Gasteiger partial charge in [-0.1, -0.05) is 18.2 Å². The lowest BCUT2D eigenvalue weighted by Gasteiger charge is -2.19. The number of para-hydroxylation sites is 1. The van der Waals surface area contributed by atoms with Gasteiger partial charge in [0.25, 0.3) is 0 Å². The van der Waals surface area contributed by atoms with Crippen molar-refractivity contribution < 1.29 is 4.74 Å². The van der Waals surface area contributed by atoms with Gasteiger partial charge in [-0.05, 0) is 19.1 Å². The predicted molar refractivity (Wildman–Crippen MR) is 59.1 cm³/mol. The van der Waals surface area contributed by atoms with Crippen LogP contribution >= 0.6 is 0 Å². The number of likely N-dealkylation sites (N-methyl/N-ethyl adjacent to an activating group) is 1. The number of nitrogens with one attached hydrogen (secondary N) is 1. The van der Waals surface area contributed by atoms with Gasteiger partial charge in [-0.25, -0.2) is 0 Å². The van der Waals surface area contributed by atoms with E-state index in [4.69, 9.17) is 10.1 Å². The predicted octanol–water partition coefficient (Wildman–Crippen LogP) is 2.14. The minimum atomic E-state index is 0.304. The quantitative estimate of drug-likeness (QED) is 0.586. The van der Waals surface area contributed by atoms with Crippen LogP contribution in [0.5, 0.6) is 0 Å². The molecule has 0 saturated heterocycles. The monoisotopic (exact) mass is 192 g/mol. The molecule has 14 heavy (non-hydrogen) atoms. The zero-order valence-electron chi connectivity index (χ0n) is 8.66. The molecule has 0 atom stereocenters. The Labute approximate surface area is 84.8 Å². The molecular formula is C11H16N2O. The highest BCUT2D eigenvalue weighted by Crippen LogP contribution is 2.10. The van der Waals surface area contributed by atoms with Crippen LogP contribution in [0.1, 0.15) is 6.92 Å². The Balaban J connectivity index is 2.50. The summed E-state index contributed by atoms with van der Waals surface area (Å²) in [5, 5.41) is 7.50. The molecule has 0 bridgehead atoms. The number of hydrogen-bond acceptors (Lipinski definition) is 3. The molecule has 1 aromatic carbocycles. The molecule has 0 fully saturated rings. The maximum absolute atomic E-state index is 7.50. The molecule has 0 radical (unpaired) electrons. The smallest absolute Gasteiger partial charge is 0.200 e. The molecule has 0 aliphatic heterocycles. The van der Waals surface area contributed by atoms with Gasteiger partial charge in [0.05, 0.1) is 13.2 Å². The highest BCUT2D eigenvalue weighted by molar-refractivity contribution is 5.78. The van der Waals surface area contributed by atoms with Crippen molar-refractivity contribution in [3.05, 3.63) is 30.3 Å². The fourth-order valence-electron chi connectivity index (χ4n) is 1.21. The maximum atomic E-state index is 7.50. The summed E-state index contributed by atoms with van der Waals surface area (Å²) in [6.07, 6.45) is 0. The Bertz CT molecular complexity index is 285. The summed E-state index contributed by atoms with van der Waals surface area (Å²) >= 11 is 0. The second kappa shape index (κ2) is 5.27. The molecule has 0 heterocycles. The normalized spacial score (nSPS) is 9.57. The van der Waals surface area contributed by atoms with Crippen molar-refractivity contribution in [3.8, 4) is 0 Å². The van der Waals surface area contributed by atoms with E-state index in [-0.39, 0.29) is 0 Å². The topological polar surface area (TPSA) is 36.3 Å². The van der Waals surface area contributed by atoms with Crippen LogP contribution in [0, 0.1) is 5.41 Å². The van der Waals surface area contributed by atoms with Crippen LogP contribution in [0.15, 0.2) is 30.3 Å². The Morgan fingerprint density at radius 2 is 2.00 bits per heavy atom. The van der Waals surface area contributed by atoms with E-state index in [1.165, 1.54) is 0 Å². The van der Waals surface area contributed by atoms with Gasteiger partial charge in [0, 0.05) is 12.7 Å². The van der Waals surface area contributed by atoms with Gasteiger partial charge >= 0.3 is 0 Å². The highest BCUT2D eigenvalue weighted by atomic mass is 16.5. The number of benzene rings is 1. The zero-order chi connectivity index (χ0) is 10.4. The fourth-order valence-corrected chi connectivity index (χ4v) is 1.21. The fraction of sp³-hybridized carbons (Fsp3) is 0.364. The van der Waals surface area contributed by atoms with Crippen LogP contribution in [-0.4, -0.2) is 26.1 Å². The van der Waals surface area contributed by atoms with Crippen molar-refractivity contribution in [3.63, 3.8) is 0 Å². The summed E-state index contributed by atoms with van der Waals surface area (Å²) in [5.74, 6) is 0.304. The first kappa shape index (κ1) is 10.6. The average Bonchev–Trinajstić information content (AvgIpc) is 2.19. The molecule has 3 heteroatoms. The molecule has 0 spiro atoms. The van der Waals surface area contributed by atoms with Crippen LogP contribution in [0.25, 0.3) is 0 Å². The summed E-state index contributed by atoms with van der Waals surface area (Å²) in [6, 6.07) is 9.97. The van der Waals surface area contributed by atoms with Gasteiger partial charge in [0.1, 0.15) is 0 Å². The molecule has 1 N–H and O–H groups in total. The SMILES string of the molecule is CCOC(=N)CN(C)c1ccccc1. The van der Waals surface area contributed by atoms with Crippen molar-refractivity contribution in [1.29, 1.82) is 5.41 Å². The standard InChI is InChI=1S/C11H16N2O/c1-3-14-11(12)9-13(2)10-7-5-4-6-8-10/h4-8,12H,3,9H2,1-2H3. The first-order valence-corrected chi connectivity index (χ1v) is 4.70. The van der Waals surface area contributed by atoms with E-state index < -0.39 is 0 Å². The van der Waals surface area contributed by atoms with E-state index in [1.807, 2.05) is 49.2 Å². The second-order valence-corrected chi connectivity index (χ2v) is 3.05. The molecule has 1 rings (SSSR count). The van der Waals surface area contributed by atoms with Crippen LogP contribution in [0.2, 0.25) is 0 Å². The lowest BCUT2D eigenvalue weighted by Crippen LogP contribution is -2.26. The minimum absolute atomic E-state index is 0.304. The number of hydrogen-bond donors (Lipinski definition) is 1. The third-order valence-corrected chi connectivity index (χ3v) is 1.90. The molecule has 0 saturated carbocycles. The third kappa shape index (κ3) is 3.09. The Kier molecular flexibility index (Phi) is 3.98. The Hall–Kier alpha value is -1.51. The van der Waals surface area contributed by atoms with Crippen LogP contribution < -0.4 is 4.90 Å². The van der Waals surface area contributed by atoms with Crippen molar-refractivity contribution in [2.45, 2.75) is 6.92 Å². The van der Waals surface area contributed by atoms with Crippen molar-refractivity contribution in [2.24, 2.45) is 0 Å². The van der Waals surface area contributed by atoms with Gasteiger partial charge in [0.15, 0.2) is 0 Å². The molecular weight excluding hydrogens is 176 g/mol.